The molecule has 0 radical (unpaired) electrons. The first-order valence-electron chi connectivity index (χ1n) is 5.63. The topological polar surface area (TPSA) is 29.5 Å². The van der Waals surface area contributed by atoms with Crippen LogP contribution in [0, 0.1) is 0 Å². The van der Waals surface area contributed by atoms with E-state index in [4.69, 9.17) is 27.9 Å². The molecule has 0 saturated carbocycles. The minimum absolute atomic E-state index is 0.0000472. The van der Waals surface area contributed by atoms with Crippen molar-refractivity contribution >= 4 is 45.0 Å². The number of nitrogens with zero attached hydrogens (tertiary/aromatic N) is 1. The fraction of sp³-hybridized carbons (Fsp3) is 0.417. The number of hydrogen-bond acceptors (Lipinski definition) is 2. The first kappa shape index (κ1) is 14.0. The number of halogens is 3. The standard InChI is InChI=1S/C12H12BrCl2NO2/c13-9-5-8(14)6-10(15)12(9)18-7-11(17)16-3-1-2-4-16/h5-6H,1-4,7H2. The third-order valence-corrected chi connectivity index (χ3v) is 3.85. The SMILES string of the molecule is O=C(COc1c(Cl)cc(Cl)cc1Br)N1CCCC1. The maximum Gasteiger partial charge on any atom is 0.260 e. The highest BCUT2D eigenvalue weighted by Crippen LogP contribution is 2.36. The van der Waals surface area contributed by atoms with Gasteiger partial charge in [-0.2, -0.15) is 0 Å². The van der Waals surface area contributed by atoms with Crippen molar-refractivity contribution in [1.82, 2.24) is 4.90 Å². The summed E-state index contributed by atoms with van der Waals surface area (Å²) >= 11 is 15.2. The van der Waals surface area contributed by atoms with Crippen LogP contribution in [0.3, 0.4) is 0 Å². The summed E-state index contributed by atoms with van der Waals surface area (Å²) in [4.78, 5) is 13.6. The molecule has 1 fully saturated rings. The molecule has 3 nitrogen and oxygen atoms in total. The molecule has 1 aromatic rings. The number of hydrogen-bond donors (Lipinski definition) is 0. The Morgan fingerprint density at radius 1 is 1.33 bits per heavy atom. The maximum absolute atomic E-state index is 11.8. The van der Waals surface area contributed by atoms with Gasteiger partial charge in [0.2, 0.25) is 0 Å². The minimum atomic E-state index is -0.00887. The van der Waals surface area contributed by atoms with Crippen LogP contribution in [0.2, 0.25) is 10.0 Å². The molecule has 18 heavy (non-hydrogen) atoms. The van der Waals surface area contributed by atoms with Gasteiger partial charge >= 0.3 is 0 Å². The number of carbonyl (C=O) groups is 1. The summed E-state index contributed by atoms with van der Waals surface area (Å²) in [5.74, 6) is 0.444. The zero-order chi connectivity index (χ0) is 13.1. The molecule has 0 spiro atoms. The summed E-state index contributed by atoms with van der Waals surface area (Å²) in [6.07, 6.45) is 2.13. The van der Waals surface area contributed by atoms with Crippen molar-refractivity contribution in [3.8, 4) is 5.75 Å². The Bertz CT molecular complexity index is 438. The summed E-state index contributed by atoms with van der Waals surface area (Å²) in [5, 5.41) is 0.911. The number of carbonyl (C=O) groups excluding carboxylic acids is 1. The molecule has 0 unspecified atom stereocenters. The summed E-state index contributed by atoms with van der Waals surface area (Å²) < 4.78 is 6.12. The van der Waals surface area contributed by atoms with Crippen LogP contribution >= 0.6 is 39.1 Å². The van der Waals surface area contributed by atoms with E-state index in [9.17, 15) is 4.79 Å². The van der Waals surface area contributed by atoms with Crippen molar-refractivity contribution in [3.63, 3.8) is 0 Å². The quantitative estimate of drug-likeness (QED) is 0.828. The number of amides is 1. The molecule has 0 aliphatic carbocycles. The van der Waals surface area contributed by atoms with E-state index in [1.807, 2.05) is 0 Å². The van der Waals surface area contributed by atoms with Crippen LogP contribution < -0.4 is 4.74 Å². The number of benzene rings is 1. The lowest BCUT2D eigenvalue weighted by Crippen LogP contribution is -2.32. The van der Waals surface area contributed by atoms with Crippen LogP contribution in [-0.4, -0.2) is 30.5 Å². The van der Waals surface area contributed by atoms with E-state index < -0.39 is 0 Å². The monoisotopic (exact) mass is 351 g/mol. The van der Waals surface area contributed by atoms with Crippen molar-refractivity contribution in [2.75, 3.05) is 19.7 Å². The second-order valence-corrected chi connectivity index (χ2v) is 5.77. The van der Waals surface area contributed by atoms with Crippen LogP contribution in [0.5, 0.6) is 5.75 Å². The second-order valence-electron chi connectivity index (χ2n) is 4.08. The lowest BCUT2D eigenvalue weighted by atomic mass is 10.3. The molecule has 6 heteroatoms. The average Bonchev–Trinajstić information content (AvgIpc) is 2.80. The van der Waals surface area contributed by atoms with Crippen LogP contribution in [0.4, 0.5) is 0 Å². The predicted molar refractivity (Wildman–Crippen MR) is 75.5 cm³/mol. The van der Waals surface area contributed by atoms with Gasteiger partial charge in [0.05, 0.1) is 9.50 Å². The highest BCUT2D eigenvalue weighted by atomic mass is 79.9. The van der Waals surface area contributed by atoms with E-state index in [0.717, 1.165) is 25.9 Å². The number of rotatable bonds is 3. The molecule has 1 heterocycles. The molecule has 0 atom stereocenters. The van der Waals surface area contributed by atoms with Gasteiger partial charge in [-0.3, -0.25) is 4.79 Å². The van der Waals surface area contributed by atoms with Crippen LogP contribution in [0.1, 0.15) is 12.8 Å². The van der Waals surface area contributed by atoms with Crippen molar-refractivity contribution in [2.45, 2.75) is 12.8 Å². The van der Waals surface area contributed by atoms with Gasteiger partial charge in [-0.15, -0.1) is 0 Å². The lowest BCUT2D eigenvalue weighted by Gasteiger charge is -2.16. The van der Waals surface area contributed by atoms with Gasteiger partial charge in [-0.05, 0) is 40.9 Å². The third-order valence-electron chi connectivity index (χ3n) is 2.76. The predicted octanol–water partition coefficient (Wildman–Crippen LogP) is 3.76. The summed E-state index contributed by atoms with van der Waals surface area (Å²) in [6.45, 7) is 1.63. The molecule has 1 saturated heterocycles. The van der Waals surface area contributed by atoms with Gasteiger partial charge in [-0.1, -0.05) is 23.2 Å². The second kappa shape index (κ2) is 6.13. The van der Waals surface area contributed by atoms with Gasteiger partial charge in [0.15, 0.2) is 12.4 Å². The summed E-state index contributed by atoms with van der Waals surface area (Å²) in [5.41, 5.74) is 0. The molecular weight excluding hydrogens is 341 g/mol. The van der Waals surface area contributed by atoms with Crippen LogP contribution in [0.25, 0.3) is 0 Å². The van der Waals surface area contributed by atoms with Crippen LogP contribution in [-0.2, 0) is 4.79 Å². The molecule has 1 aliphatic heterocycles. The number of likely N-dealkylation sites (tertiary alicyclic amines) is 1. The fourth-order valence-corrected chi connectivity index (χ4v) is 3.23. The molecular formula is C12H12BrCl2NO2. The Hall–Kier alpha value is -0.450. The van der Waals surface area contributed by atoms with E-state index in [-0.39, 0.29) is 12.5 Å². The highest BCUT2D eigenvalue weighted by molar-refractivity contribution is 9.10. The maximum atomic E-state index is 11.8. The molecule has 1 amide bonds. The van der Waals surface area contributed by atoms with Gasteiger partial charge in [-0.25, -0.2) is 0 Å². The fourth-order valence-electron chi connectivity index (χ4n) is 1.86. The molecule has 98 valence electrons. The Labute approximate surface area is 124 Å². The van der Waals surface area contributed by atoms with Crippen molar-refractivity contribution < 1.29 is 9.53 Å². The lowest BCUT2D eigenvalue weighted by molar-refractivity contribution is -0.132. The van der Waals surface area contributed by atoms with Crippen molar-refractivity contribution in [3.05, 3.63) is 26.7 Å². The average molecular weight is 353 g/mol. The Balaban J connectivity index is 1.99. The van der Waals surface area contributed by atoms with E-state index in [0.29, 0.717) is 20.3 Å². The van der Waals surface area contributed by atoms with Gasteiger partial charge in [0.25, 0.3) is 5.91 Å². The first-order valence-corrected chi connectivity index (χ1v) is 7.18. The van der Waals surface area contributed by atoms with Gasteiger partial charge in [0.1, 0.15) is 0 Å². The van der Waals surface area contributed by atoms with E-state index in [2.05, 4.69) is 15.9 Å². The molecule has 0 aromatic heterocycles. The molecule has 1 aromatic carbocycles. The highest BCUT2D eigenvalue weighted by Gasteiger charge is 2.19. The zero-order valence-corrected chi connectivity index (χ0v) is 12.7. The van der Waals surface area contributed by atoms with Crippen molar-refractivity contribution in [1.29, 1.82) is 0 Å². The molecule has 2 rings (SSSR count). The molecule has 1 aliphatic rings. The summed E-state index contributed by atoms with van der Waals surface area (Å²) in [6, 6.07) is 3.27. The Morgan fingerprint density at radius 2 is 2.00 bits per heavy atom. The Morgan fingerprint density at radius 3 is 2.61 bits per heavy atom. The van der Waals surface area contributed by atoms with Gasteiger partial charge in [0, 0.05) is 18.1 Å². The van der Waals surface area contributed by atoms with E-state index in [1.165, 1.54) is 0 Å². The first-order chi connectivity index (χ1) is 8.58. The smallest absolute Gasteiger partial charge is 0.260 e. The zero-order valence-electron chi connectivity index (χ0n) is 9.59. The third kappa shape index (κ3) is 3.31. The molecule has 0 bridgehead atoms. The van der Waals surface area contributed by atoms with E-state index >= 15 is 0 Å². The number of ether oxygens (including phenoxy) is 1. The Kier molecular flexibility index (Phi) is 4.76. The minimum Gasteiger partial charge on any atom is -0.481 e. The summed E-state index contributed by atoms with van der Waals surface area (Å²) in [7, 11) is 0. The normalized spacial score (nSPS) is 14.9. The molecule has 0 N–H and O–H groups in total. The van der Waals surface area contributed by atoms with E-state index in [1.54, 1.807) is 17.0 Å². The van der Waals surface area contributed by atoms with Gasteiger partial charge < -0.3 is 9.64 Å². The van der Waals surface area contributed by atoms with Crippen molar-refractivity contribution in [2.24, 2.45) is 0 Å². The van der Waals surface area contributed by atoms with Crippen LogP contribution in [0.15, 0.2) is 16.6 Å². The largest absolute Gasteiger partial charge is 0.481 e.